The van der Waals surface area contributed by atoms with Crippen molar-refractivity contribution in [3.8, 4) is 6.07 Å². The first-order valence-corrected chi connectivity index (χ1v) is 10.3. The number of benzene rings is 2. The second-order valence-corrected chi connectivity index (χ2v) is 7.35. The van der Waals surface area contributed by atoms with E-state index in [1.807, 2.05) is 36.4 Å². The number of amides is 1. The number of halogens is 1. The average Bonchev–Trinajstić information content (AvgIpc) is 3.38. The molecule has 1 aliphatic rings. The molecule has 4 rings (SSSR count). The number of aromatic nitrogens is 1. The van der Waals surface area contributed by atoms with Crippen LogP contribution in [-0.4, -0.2) is 36.6 Å². The van der Waals surface area contributed by atoms with E-state index in [-0.39, 0.29) is 25.1 Å². The Bertz CT molecular complexity index is 1170. The number of hydrogen-bond donors (Lipinski definition) is 1. The zero-order valence-corrected chi connectivity index (χ0v) is 19.2. The van der Waals surface area contributed by atoms with E-state index >= 15 is 0 Å². The molecule has 0 fully saturated rings. The zero-order chi connectivity index (χ0) is 23.1. The fourth-order valence-electron chi connectivity index (χ4n) is 3.55. The topological polar surface area (TPSA) is 106 Å². The van der Waals surface area contributed by atoms with Crippen molar-refractivity contribution in [2.24, 2.45) is 5.16 Å². The molecule has 1 aromatic heterocycles. The van der Waals surface area contributed by atoms with Crippen molar-refractivity contribution in [2.75, 3.05) is 19.2 Å². The number of anilines is 1. The molecule has 2 aromatic carbocycles. The predicted octanol–water partition coefficient (Wildman–Crippen LogP) is 4.02. The van der Waals surface area contributed by atoms with Crippen molar-refractivity contribution in [3.63, 3.8) is 0 Å². The Labute approximate surface area is 203 Å². The fraction of sp³-hybridized carbons (Fsp3) is 0.200. The van der Waals surface area contributed by atoms with Gasteiger partial charge in [-0.25, -0.2) is 0 Å². The van der Waals surface area contributed by atoms with Crippen LogP contribution >= 0.6 is 12.4 Å². The van der Waals surface area contributed by atoms with Gasteiger partial charge in [0.05, 0.1) is 5.71 Å². The second kappa shape index (κ2) is 11.4. The summed E-state index contributed by atoms with van der Waals surface area (Å²) in [5.74, 6) is -0.310. The number of nitrogens with zero attached hydrogens (tertiary/aromatic N) is 3. The standard InChI is InChI=1S/C25H22N4O4.ClH/c1-31-17-32-25(16-26,19-7-3-2-4-8-19)20-9-11-21(12-10-20)28-24(30)23-14-22(29-33-23)18-6-5-13-27-15-18;/h2-13,15,23H,14,17H2,1H3,(H,28,30);1H. The largest absolute Gasteiger partial charge is 0.382 e. The molecule has 0 aliphatic carbocycles. The lowest BCUT2D eigenvalue weighted by Crippen LogP contribution is -2.31. The van der Waals surface area contributed by atoms with Crippen LogP contribution in [0.3, 0.4) is 0 Å². The van der Waals surface area contributed by atoms with Gasteiger partial charge in [-0.3, -0.25) is 9.78 Å². The van der Waals surface area contributed by atoms with E-state index in [1.54, 1.807) is 42.7 Å². The van der Waals surface area contributed by atoms with E-state index in [2.05, 4.69) is 21.5 Å². The molecule has 174 valence electrons. The zero-order valence-electron chi connectivity index (χ0n) is 18.4. The summed E-state index contributed by atoms with van der Waals surface area (Å²) in [6.07, 6.45) is 2.98. The number of carbonyl (C=O) groups is 1. The minimum absolute atomic E-state index is 0. The van der Waals surface area contributed by atoms with Crippen LogP contribution in [0.25, 0.3) is 0 Å². The highest BCUT2D eigenvalue weighted by Gasteiger charge is 2.36. The van der Waals surface area contributed by atoms with Gasteiger partial charge >= 0.3 is 0 Å². The molecular formula is C25H23ClN4O4. The first kappa shape index (κ1) is 24.9. The molecule has 0 radical (unpaired) electrons. The highest BCUT2D eigenvalue weighted by atomic mass is 35.5. The van der Waals surface area contributed by atoms with E-state index in [0.717, 1.165) is 5.56 Å². The summed E-state index contributed by atoms with van der Waals surface area (Å²) < 4.78 is 10.9. The maximum absolute atomic E-state index is 12.7. The van der Waals surface area contributed by atoms with Gasteiger partial charge in [0.2, 0.25) is 11.7 Å². The van der Waals surface area contributed by atoms with Crippen molar-refractivity contribution >= 4 is 29.7 Å². The minimum Gasteiger partial charge on any atom is -0.382 e. The summed E-state index contributed by atoms with van der Waals surface area (Å²) in [7, 11) is 1.50. The van der Waals surface area contributed by atoms with Gasteiger partial charge < -0.3 is 19.6 Å². The number of carbonyl (C=O) groups excluding carboxylic acids is 1. The Hall–Kier alpha value is -3.77. The van der Waals surface area contributed by atoms with Gasteiger partial charge in [-0.15, -0.1) is 12.4 Å². The first-order valence-electron chi connectivity index (χ1n) is 10.3. The molecule has 9 heteroatoms. The molecule has 3 aromatic rings. The van der Waals surface area contributed by atoms with Gasteiger partial charge in [0.15, 0.2) is 0 Å². The molecule has 2 heterocycles. The van der Waals surface area contributed by atoms with Crippen LogP contribution in [0.1, 0.15) is 23.1 Å². The molecule has 1 amide bonds. The quantitative estimate of drug-likeness (QED) is 0.490. The van der Waals surface area contributed by atoms with E-state index in [4.69, 9.17) is 14.3 Å². The highest BCUT2D eigenvalue weighted by Crippen LogP contribution is 2.34. The molecular weight excluding hydrogens is 456 g/mol. The number of nitrogens with one attached hydrogen (secondary N) is 1. The number of oxime groups is 1. The van der Waals surface area contributed by atoms with Crippen LogP contribution in [0.2, 0.25) is 0 Å². The van der Waals surface area contributed by atoms with Gasteiger partial charge in [0.1, 0.15) is 12.9 Å². The third-order valence-electron chi connectivity index (χ3n) is 5.25. The molecule has 0 saturated carbocycles. The van der Waals surface area contributed by atoms with E-state index < -0.39 is 11.7 Å². The molecule has 34 heavy (non-hydrogen) atoms. The fourth-order valence-corrected chi connectivity index (χ4v) is 3.55. The monoisotopic (exact) mass is 478 g/mol. The van der Waals surface area contributed by atoms with Crippen molar-refractivity contribution in [2.45, 2.75) is 18.1 Å². The Kier molecular flexibility index (Phi) is 8.33. The Balaban J connectivity index is 0.00000324. The van der Waals surface area contributed by atoms with Crippen LogP contribution in [0.4, 0.5) is 5.69 Å². The number of hydrogen-bond acceptors (Lipinski definition) is 7. The molecule has 0 saturated heterocycles. The van der Waals surface area contributed by atoms with E-state index in [1.165, 1.54) is 7.11 Å². The summed E-state index contributed by atoms with van der Waals surface area (Å²) in [6, 6.07) is 22.1. The molecule has 1 N–H and O–H groups in total. The second-order valence-electron chi connectivity index (χ2n) is 7.35. The number of ether oxygens (including phenoxy) is 2. The molecule has 1 aliphatic heterocycles. The summed E-state index contributed by atoms with van der Waals surface area (Å²) in [5, 5.41) is 16.9. The van der Waals surface area contributed by atoms with Crippen LogP contribution in [-0.2, 0) is 24.7 Å². The number of nitriles is 1. The van der Waals surface area contributed by atoms with Gasteiger partial charge in [-0.2, -0.15) is 5.26 Å². The van der Waals surface area contributed by atoms with Gasteiger partial charge in [-0.1, -0.05) is 47.6 Å². The number of rotatable bonds is 8. The minimum atomic E-state index is -1.35. The van der Waals surface area contributed by atoms with Crippen LogP contribution < -0.4 is 5.32 Å². The van der Waals surface area contributed by atoms with Crippen LogP contribution in [0.15, 0.2) is 84.3 Å². The lowest BCUT2D eigenvalue weighted by Gasteiger charge is -2.27. The summed E-state index contributed by atoms with van der Waals surface area (Å²) in [4.78, 5) is 22.1. The van der Waals surface area contributed by atoms with Gasteiger partial charge in [-0.05, 0) is 24.3 Å². The van der Waals surface area contributed by atoms with Gasteiger partial charge in [0, 0.05) is 48.3 Å². The van der Waals surface area contributed by atoms with Crippen molar-refractivity contribution in [1.29, 1.82) is 5.26 Å². The molecule has 0 bridgehead atoms. The van der Waals surface area contributed by atoms with E-state index in [9.17, 15) is 10.1 Å². The summed E-state index contributed by atoms with van der Waals surface area (Å²) >= 11 is 0. The van der Waals surface area contributed by atoms with Crippen molar-refractivity contribution in [1.82, 2.24) is 4.98 Å². The summed E-state index contributed by atoms with van der Waals surface area (Å²) in [6.45, 7) is -0.0563. The highest BCUT2D eigenvalue weighted by molar-refractivity contribution is 6.05. The third-order valence-corrected chi connectivity index (χ3v) is 5.25. The number of pyridine rings is 1. The lowest BCUT2D eigenvalue weighted by atomic mass is 9.87. The van der Waals surface area contributed by atoms with Crippen LogP contribution in [0, 0.1) is 11.3 Å². The lowest BCUT2D eigenvalue weighted by molar-refractivity contribution is -0.125. The smallest absolute Gasteiger partial charge is 0.268 e. The van der Waals surface area contributed by atoms with Crippen molar-refractivity contribution in [3.05, 3.63) is 95.8 Å². The van der Waals surface area contributed by atoms with Crippen LogP contribution in [0.5, 0.6) is 0 Å². The maximum atomic E-state index is 12.7. The Morgan fingerprint density at radius 2 is 1.88 bits per heavy atom. The Morgan fingerprint density at radius 1 is 1.15 bits per heavy atom. The van der Waals surface area contributed by atoms with Gasteiger partial charge in [0.25, 0.3) is 5.91 Å². The first-order chi connectivity index (χ1) is 16.2. The van der Waals surface area contributed by atoms with Crippen molar-refractivity contribution < 1.29 is 19.1 Å². The third kappa shape index (κ3) is 5.24. The molecule has 8 nitrogen and oxygen atoms in total. The molecule has 2 atom stereocenters. The summed E-state index contributed by atoms with van der Waals surface area (Å²) in [5.41, 5.74) is 2.01. The molecule has 2 unspecified atom stereocenters. The number of methoxy groups -OCH3 is 1. The predicted molar refractivity (Wildman–Crippen MR) is 128 cm³/mol. The average molecular weight is 479 g/mol. The SMILES string of the molecule is COCOC(C#N)(c1ccccc1)c1ccc(NC(=O)C2CC(c3cccnc3)=NO2)cc1.Cl. The molecule has 0 spiro atoms. The maximum Gasteiger partial charge on any atom is 0.268 e. The van der Waals surface area contributed by atoms with E-state index in [0.29, 0.717) is 28.9 Å². The normalized spacial score (nSPS) is 16.2. The Morgan fingerprint density at radius 3 is 2.53 bits per heavy atom.